The molecule has 0 radical (unpaired) electrons. The summed E-state index contributed by atoms with van der Waals surface area (Å²) in [6.07, 6.45) is 0.104. The molecule has 7 N–H and O–H groups in total. The summed E-state index contributed by atoms with van der Waals surface area (Å²) in [6.45, 7) is 7.31. The van der Waals surface area contributed by atoms with Gasteiger partial charge in [-0.05, 0) is 87.7 Å². The Morgan fingerprint density at radius 1 is 0.961 bits per heavy atom. The Kier molecular flexibility index (Phi) is 12.3. The third-order valence-corrected chi connectivity index (χ3v) is 9.43. The number of carbonyl (C=O) groups excluding carboxylic acids is 4. The zero-order valence-electron chi connectivity index (χ0n) is 30.1. The van der Waals surface area contributed by atoms with E-state index in [0.717, 1.165) is 15.6 Å². The van der Waals surface area contributed by atoms with Gasteiger partial charge in [-0.15, -0.1) is 0 Å². The van der Waals surface area contributed by atoms with Gasteiger partial charge in [-0.25, -0.2) is 31.9 Å². The van der Waals surface area contributed by atoms with Gasteiger partial charge in [-0.3, -0.25) is 19.4 Å². The summed E-state index contributed by atoms with van der Waals surface area (Å²) >= 11 is 0. The maximum Gasteiger partial charge on any atom is 0.357 e. The van der Waals surface area contributed by atoms with E-state index >= 15 is 0 Å². The number of aryl methyl sites for hydroxylation is 1. The van der Waals surface area contributed by atoms with Gasteiger partial charge in [0.2, 0.25) is 5.91 Å². The van der Waals surface area contributed by atoms with Crippen molar-refractivity contribution in [1.29, 1.82) is 0 Å². The second-order valence-electron chi connectivity index (χ2n) is 13.1. The number of nitrogens with one attached hydrogen (secondary N) is 1. The lowest BCUT2D eigenvalue weighted by atomic mass is 9.84. The molecule has 1 heterocycles. The van der Waals surface area contributed by atoms with Gasteiger partial charge >= 0.3 is 12.0 Å². The van der Waals surface area contributed by atoms with E-state index < -0.39 is 29.5 Å². The Hall–Kier alpha value is -5.22. The Bertz CT molecular complexity index is 1730. The molecule has 15 nitrogen and oxygen atoms in total. The monoisotopic (exact) mass is 704 g/mol. The van der Waals surface area contributed by atoms with E-state index in [4.69, 9.17) is 27.1 Å². The van der Waals surface area contributed by atoms with Crippen molar-refractivity contribution in [2.24, 2.45) is 23.5 Å². The fourth-order valence-electron chi connectivity index (χ4n) is 6.10. The van der Waals surface area contributed by atoms with Crippen molar-refractivity contribution >= 4 is 40.8 Å². The number of hydrogen-bond acceptors (Lipinski definition) is 12. The number of methoxy groups -OCH3 is 2. The molecule has 3 amide bonds. The fraction of sp³-hybridized carbons (Fsp3) is 0.389. The molecule has 3 atom stereocenters. The van der Waals surface area contributed by atoms with E-state index in [0.29, 0.717) is 40.5 Å². The predicted molar refractivity (Wildman–Crippen MR) is 193 cm³/mol. The number of nitrogens with zero attached hydrogens (tertiary/aromatic N) is 4. The molecular weight excluding hydrogens is 656 g/mol. The molecular formula is C36H48N8O7. The van der Waals surface area contributed by atoms with Crippen LogP contribution in [0.15, 0.2) is 66.7 Å². The minimum absolute atomic E-state index is 0.0485. The number of urea groups is 1. The smallest absolute Gasteiger partial charge is 0.357 e. The lowest BCUT2D eigenvalue weighted by Gasteiger charge is -2.42. The maximum absolute atomic E-state index is 14.1. The number of hydrogen-bond donors (Lipinski definition) is 4. The van der Waals surface area contributed by atoms with Crippen molar-refractivity contribution in [2.75, 3.05) is 36.2 Å². The molecule has 1 aliphatic rings. The second kappa shape index (κ2) is 16.2. The predicted octanol–water partition coefficient (Wildman–Crippen LogP) is 3.66. The van der Waals surface area contributed by atoms with E-state index in [-0.39, 0.29) is 30.6 Å². The number of likely N-dealkylation sites (N-methyl/N-ethyl adjacent to an activating group) is 1. The van der Waals surface area contributed by atoms with Gasteiger partial charge < -0.3 is 19.2 Å². The van der Waals surface area contributed by atoms with Crippen LogP contribution in [0.4, 0.5) is 21.9 Å². The van der Waals surface area contributed by atoms with E-state index in [2.05, 4.69) is 10.3 Å². The third-order valence-electron chi connectivity index (χ3n) is 9.43. The summed E-state index contributed by atoms with van der Waals surface area (Å²) in [7, 11) is 4.78. The van der Waals surface area contributed by atoms with Gasteiger partial charge in [-0.2, -0.15) is 5.90 Å². The average molecular weight is 705 g/mol. The number of ketones is 1. The zero-order chi connectivity index (χ0) is 37.6. The number of para-hydroxylation sites is 1. The summed E-state index contributed by atoms with van der Waals surface area (Å²) < 4.78 is 10.8. The Morgan fingerprint density at radius 2 is 1.59 bits per heavy atom. The first-order chi connectivity index (χ1) is 24.1. The summed E-state index contributed by atoms with van der Waals surface area (Å²) in [4.78, 5) is 59.8. The number of Topliss-reactive ketones (excluding diaryl/α,β-unsaturated/α-hetero) is 1. The highest BCUT2D eigenvalue weighted by Crippen LogP contribution is 2.36. The number of benzene rings is 3. The quantitative estimate of drug-likeness (QED) is 0.115. The molecule has 1 fully saturated rings. The summed E-state index contributed by atoms with van der Waals surface area (Å²) in [6, 6.07) is 17.4. The van der Waals surface area contributed by atoms with Gasteiger partial charge in [0, 0.05) is 31.1 Å². The molecule has 274 valence electrons. The highest BCUT2D eigenvalue weighted by atomic mass is 16.7. The second-order valence-corrected chi connectivity index (χ2v) is 13.1. The summed E-state index contributed by atoms with van der Waals surface area (Å²) in [5, 5.41) is 3.33. The number of ether oxygens (including phenoxy) is 2. The van der Waals surface area contributed by atoms with Crippen LogP contribution in [0, 0.1) is 12.8 Å². The van der Waals surface area contributed by atoms with Crippen LogP contribution in [0.2, 0.25) is 0 Å². The van der Waals surface area contributed by atoms with Gasteiger partial charge in [-0.1, -0.05) is 24.3 Å². The molecule has 51 heavy (non-hydrogen) atoms. The van der Waals surface area contributed by atoms with Crippen molar-refractivity contribution in [3.63, 3.8) is 0 Å². The van der Waals surface area contributed by atoms with Crippen molar-refractivity contribution in [1.82, 2.24) is 10.4 Å². The number of rotatable bonds is 13. The van der Waals surface area contributed by atoms with Crippen LogP contribution in [0.5, 0.6) is 11.5 Å². The van der Waals surface area contributed by atoms with Crippen LogP contribution in [-0.2, 0) is 19.2 Å². The van der Waals surface area contributed by atoms with E-state index in [1.165, 1.54) is 19.2 Å². The zero-order valence-corrected chi connectivity index (χ0v) is 30.1. The van der Waals surface area contributed by atoms with Gasteiger partial charge in [0.25, 0.3) is 0 Å². The van der Waals surface area contributed by atoms with Crippen LogP contribution in [0.1, 0.15) is 57.2 Å². The van der Waals surface area contributed by atoms with E-state index in [1.807, 2.05) is 26.0 Å². The van der Waals surface area contributed by atoms with E-state index in [1.54, 1.807) is 80.4 Å². The lowest BCUT2D eigenvalue weighted by Crippen LogP contribution is -2.58. The molecule has 3 unspecified atom stereocenters. The normalized spacial score (nSPS) is 16.6. The van der Waals surface area contributed by atoms with Crippen LogP contribution < -0.4 is 47.4 Å². The molecule has 0 aromatic heterocycles. The third kappa shape index (κ3) is 8.40. The average Bonchev–Trinajstić information content (AvgIpc) is 3.13. The summed E-state index contributed by atoms with van der Waals surface area (Å²) in [5.74, 6) is 16.4. The number of anilines is 3. The van der Waals surface area contributed by atoms with Crippen LogP contribution in [0.3, 0.4) is 0 Å². The van der Waals surface area contributed by atoms with Gasteiger partial charge in [0.15, 0.2) is 17.3 Å². The molecule has 1 aliphatic heterocycles. The molecule has 0 aliphatic carbocycles. The van der Waals surface area contributed by atoms with Crippen LogP contribution >= 0.6 is 0 Å². The van der Waals surface area contributed by atoms with Crippen LogP contribution in [0.25, 0.3) is 0 Å². The highest BCUT2D eigenvalue weighted by Gasteiger charge is 2.42. The number of hydrazine groups is 3. The minimum atomic E-state index is -1.04. The van der Waals surface area contributed by atoms with Crippen LogP contribution in [-0.4, -0.2) is 61.5 Å². The molecule has 1 saturated heterocycles. The minimum Gasteiger partial charge on any atom is -0.493 e. The first-order valence-electron chi connectivity index (χ1n) is 16.4. The molecule has 0 saturated carbocycles. The fourth-order valence-corrected chi connectivity index (χ4v) is 6.10. The Morgan fingerprint density at radius 3 is 2.20 bits per heavy atom. The molecule has 4 rings (SSSR count). The van der Waals surface area contributed by atoms with Gasteiger partial charge in [0.1, 0.15) is 0 Å². The molecule has 0 spiro atoms. The number of amides is 3. The lowest BCUT2D eigenvalue weighted by molar-refractivity contribution is -0.155. The largest absolute Gasteiger partial charge is 0.493 e. The molecule has 3 aromatic carbocycles. The topological polar surface area (TPSA) is 199 Å². The highest BCUT2D eigenvalue weighted by molar-refractivity contribution is 6.02. The van der Waals surface area contributed by atoms with Crippen molar-refractivity contribution in [2.45, 2.75) is 64.6 Å². The first kappa shape index (κ1) is 38.6. The van der Waals surface area contributed by atoms with Crippen molar-refractivity contribution in [3.05, 3.63) is 77.9 Å². The molecule has 3 aromatic rings. The van der Waals surface area contributed by atoms with Crippen molar-refractivity contribution < 1.29 is 33.5 Å². The standard InChI is InChI=1S/C36H48N8O7/c1-22-10-8-9-11-28(22)43(38)35(48)42(37)27-15-13-26(14-16-27)41(5)36(3,4)32(45)20-25-18-23(2)40-44(34(25)47)29(21-33(46)51-39)24-12-17-30(49-6)31(19-24)50-7/h8-17,19,23,25,29,40H,18,20-21,37-39H2,1-7H3. The SMILES string of the molecule is COc1ccc(C(CC(=O)ON)N2NC(C)CC(CC(=O)C(C)(C)N(C)c3ccc(N(N)C(=O)N(N)c4ccccc4C)cc3)C2=O)cc1OC. The van der Waals surface area contributed by atoms with Gasteiger partial charge in [0.05, 0.1) is 43.6 Å². The Balaban J connectivity index is 1.50. The number of nitrogens with two attached hydrogens (primary N) is 3. The molecule has 0 bridgehead atoms. The molecule has 15 heteroatoms. The number of carbonyl (C=O) groups is 4. The first-order valence-corrected chi connectivity index (χ1v) is 16.4. The van der Waals surface area contributed by atoms with Crippen molar-refractivity contribution in [3.8, 4) is 11.5 Å². The van der Waals surface area contributed by atoms with E-state index in [9.17, 15) is 19.2 Å². The maximum atomic E-state index is 14.1. The Labute approximate surface area is 298 Å². The summed E-state index contributed by atoms with van der Waals surface area (Å²) in [5.41, 5.74) is 5.13.